The van der Waals surface area contributed by atoms with Crippen molar-refractivity contribution in [2.75, 3.05) is 25.2 Å². The number of ether oxygens (including phenoxy) is 2. The highest BCUT2D eigenvalue weighted by Gasteiger charge is 2.64. The van der Waals surface area contributed by atoms with E-state index in [0.717, 1.165) is 29.7 Å². The van der Waals surface area contributed by atoms with E-state index in [2.05, 4.69) is 6.08 Å². The van der Waals surface area contributed by atoms with Gasteiger partial charge in [-0.2, -0.15) is 0 Å². The third kappa shape index (κ3) is 3.32. The molecule has 7 nitrogen and oxygen atoms in total. The van der Waals surface area contributed by atoms with E-state index in [9.17, 15) is 14.4 Å². The molecule has 0 radical (unpaired) electrons. The number of anilines is 1. The highest BCUT2D eigenvalue weighted by Crippen LogP contribution is 2.50. The van der Waals surface area contributed by atoms with Gasteiger partial charge in [0.25, 0.3) is 0 Å². The Morgan fingerprint density at radius 1 is 1.09 bits per heavy atom. The molecule has 6 rings (SSSR count). The number of Topliss-reactive ketones (excluding diaryl/α,β-unsaturated/α-hetero) is 1. The number of fused-ring (bicyclic) bond motifs is 5. The monoisotopic (exact) mass is 472 g/mol. The molecule has 3 saturated heterocycles. The van der Waals surface area contributed by atoms with Crippen LogP contribution in [-0.4, -0.2) is 60.9 Å². The first kappa shape index (κ1) is 22.0. The van der Waals surface area contributed by atoms with Gasteiger partial charge >= 0.3 is 0 Å². The number of carbonyl (C=O) groups is 3. The number of carbonyl (C=O) groups excluding carboxylic acids is 3. The lowest BCUT2D eigenvalue weighted by Crippen LogP contribution is -2.49. The summed E-state index contributed by atoms with van der Waals surface area (Å²) < 4.78 is 11.1. The maximum atomic E-state index is 14.1. The zero-order chi connectivity index (χ0) is 24.3. The van der Waals surface area contributed by atoms with E-state index >= 15 is 0 Å². The van der Waals surface area contributed by atoms with Crippen molar-refractivity contribution in [3.05, 3.63) is 65.7 Å². The lowest BCUT2D eigenvalue weighted by Gasteiger charge is -2.38. The van der Waals surface area contributed by atoms with Gasteiger partial charge in [0.15, 0.2) is 5.78 Å². The first-order chi connectivity index (χ1) is 17.0. The van der Waals surface area contributed by atoms with Gasteiger partial charge in [-0.05, 0) is 43.5 Å². The number of rotatable bonds is 5. The molecule has 0 bridgehead atoms. The van der Waals surface area contributed by atoms with Crippen molar-refractivity contribution in [1.29, 1.82) is 0 Å². The van der Waals surface area contributed by atoms with Gasteiger partial charge in [-0.15, -0.1) is 0 Å². The summed E-state index contributed by atoms with van der Waals surface area (Å²) in [5.41, 5.74) is 3.42. The average molecular weight is 473 g/mol. The first-order valence-electron chi connectivity index (χ1n) is 12.2. The van der Waals surface area contributed by atoms with E-state index in [4.69, 9.17) is 9.47 Å². The van der Waals surface area contributed by atoms with Crippen molar-refractivity contribution in [3.8, 4) is 5.75 Å². The van der Waals surface area contributed by atoms with Crippen LogP contribution in [0.5, 0.6) is 5.75 Å². The number of imide groups is 1. The molecule has 0 unspecified atom stereocenters. The Hall–Kier alpha value is -3.45. The number of hydrogen-bond acceptors (Lipinski definition) is 6. The highest BCUT2D eigenvalue weighted by atomic mass is 16.5. The van der Waals surface area contributed by atoms with Crippen LogP contribution in [0.4, 0.5) is 5.69 Å². The minimum Gasteiger partial charge on any atom is -0.497 e. The zero-order valence-corrected chi connectivity index (χ0v) is 19.8. The number of ketones is 1. The fourth-order valence-corrected chi connectivity index (χ4v) is 6.28. The third-order valence-electron chi connectivity index (χ3n) is 7.88. The number of nitrogens with zero attached hydrogens (tertiary/aromatic N) is 2. The average Bonchev–Trinajstić information content (AvgIpc) is 3.57. The second-order valence-electron chi connectivity index (χ2n) is 9.78. The van der Waals surface area contributed by atoms with Crippen LogP contribution in [0.15, 0.2) is 54.6 Å². The second-order valence-corrected chi connectivity index (χ2v) is 9.78. The summed E-state index contributed by atoms with van der Waals surface area (Å²) in [5, 5.41) is 0. The quantitative estimate of drug-likeness (QED) is 0.491. The predicted molar refractivity (Wildman–Crippen MR) is 130 cm³/mol. The molecule has 4 heterocycles. The summed E-state index contributed by atoms with van der Waals surface area (Å²) in [5.74, 6) is -1.42. The maximum absolute atomic E-state index is 14.1. The van der Waals surface area contributed by atoms with Crippen LogP contribution < -0.4 is 9.64 Å². The molecule has 0 aromatic heterocycles. The zero-order valence-electron chi connectivity index (χ0n) is 19.8. The van der Waals surface area contributed by atoms with E-state index < -0.39 is 17.9 Å². The molecule has 0 aliphatic carbocycles. The van der Waals surface area contributed by atoms with E-state index in [1.807, 2.05) is 36.1 Å². The number of benzene rings is 2. The predicted octanol–water partition coefficient (Wildman–Crippen LogP) is 3.33. The molecule has 4 aliphatic heterocycles. The molecule has 3 fully saturated rings. The van der Waals surface area contributed by atoms with Gasteiger partial charge in [0.05, 0.1) is 37.6 Å². The number of allylic oxidation sites excluding steroid dienone is 1. The second kappa shape index (κ2) is 8.34. The molecule has 7 heteroatoms. The molecule has 2 aromatic rings. The van der Waals surface area contributed by atoms with Gasteiger partial charge < -0.3 is 14.4 Å². The van der Waals surface area contributed by atoms with Gasteiger partial charge in [0.2, 0.25) is 11.8 Å². The van der Waals surface area contributed by atoms with Crippen molar-refractivity contribution < 1.29 is 23.9 Å². The highest BCUT2D eigenvalue weighted by molar-refractivity contribution is 6.14. The summed E-state index contributed by atoms with van der Waals surface area (Å²) >= 11 is 0. The molecule has 0 N–H and O–H groups in total. The number of hydrogen-bond donors (Lipinski definition) is 0. The third-order valence-corrected chi connectivity index (χ3v) is 7.88. The fraction of sp³-hybridized carbons (Fsp3) is 0.393. The summed E-state index contributed by atoms with van der Waals surface area (Å²) in [6.45, 7) is 2.93. The Morgan fingerprint density at radius 3 is 2.66 bits per heavy atom. The van der Waals surface area contributed by atoms with Crippen molar-refractivity contribution in [3.63, 3.8) is 0 Å². The Morgan fingerprint density at radius 2 is 1.89 bits per heavy atom. The standard InChI is InChI=1S/C28H28N2O5/c1-16-13-22-23-24(28(33)29(27(23)32)15-19-9-6-12-35-19)25(30(22)21-11-4-3-10-20(16)21)26(31)17-7-5-8-18(14-17)34-2/h3-5,7-8,10-11,13-14,19,22-25H,6,9,12,15H2,1-2H3/t19-,22-,23+,24-,25+/m0/s1. The molecule has 180 valence electrons. The van der Waals surface area contributed by atoms with Crippen molar-refractivity contribution in [1.82, 2.24) is 4.90 Å². The van der Waals surface area contributed by atoms with Gasteiger partial charge in [0.1, 0.15) is 11.8 Å². The molecule has 2 aromatic carbocycles. The fourth-order valence-electron chi connectivity index (χ4n) is 6.28. The topological polar surface area (TPSA) is 76.1 Å². The van der Waals surface area contributed by atoms with E-state index in [1.54, 1.807) is 31.4 Å². The van der Waals surface area contributed by atoms with Crippen LogP contribution in [0.1, 0.15) is 35.7 Å². The van der Waals surface area contributed by atoms with Gasteiger partial charge in [0, 0.05) is 23.4 Å². The number of amides is 2. The minimum absolute atomic E-state index is 0.130. The van der Waals surface area contributed by atoms with E-state index in [-0.39, 0.29) is 36.3 Å². The lowest BCUT2D eigenvalue weighted by molar-refractivity contribution is -0.142. The number of methoxy groups -OCH3 is 1. The molecule has 4 aliphatic rings. The Labute approximate surface area is 204 Å². The summed E-state index contributed by atoms with van der Waals surface area (Å²) in [7, 11) is 1.56. The van der Waals surface area contributed by atoms with Crippen LogP contribution in [0.2, 0.25) is 0 Å². The van der Waals surface area contributed by atoms with Crippen LogP contribution in [0, 0.1) is 11.8 Å². The molecule has 35 heavy (non-hydrogen) atoms. The van der Waals surface area contributed by atoms with Crippen molar-refractivity contribution in [2.45, 2.75) is 38.0 Å². The smallest absolute Gasteiger partial charge is 0.235 e. The van der Waals surface area contributed by atoms with Crippen LogP contribution >= 0.6 is 0 Å². The Kier molecular flexibility index (Phi) is 5.25. The van der Waals surface area contributed by atoms with Gasteiger partial charge in [-0.25, -0.2) is 0 Å². The van der Waals surface area contributed by atoms with Crippen LogP contribution in [0.3, 0.4) is 0 Å². The van der Waals surface area contributed by atoms with E-state index in [1.165, 1.54) is 4.90 Å². The Balaban J connectivity index is 1.45. The molecular formula is C28H28N2O5. The molecule has 5 atom stereocenters. The van der Waals surface area contributed by atoms with Crippen LogP contribution in [0.25, 0.3) is 5.57 Å². The van der Waals surface area contributed by atoms with Crippen molar-refractivity contribution >= 4 is 28.9 Å². The molecule has 0 spiro atoms. The first-order valence-corrected chi connectivity index (χ1v) is 12.2. The summed E-state index contributed by atoms with van der Waals surface area (Å²) in [6.07, 6.45) is 3.69. The maximum Gasteiger partial charge on any atom is 0.235 e. The normalized spacial score (nSPS) is 29.1. The van der Waals surface area contributed by atoms with Crippen molar-refractivity contribution in [2.24, 2.45) is 11.8 Å². The SMILES string of the molecule is COc1cccc(C(=O)[C@H]2[C@H]3C(=O)N(C[C@@H]4CCCO4)C(=O)[C@@H]3[C@@H]3C=C(C)c4ccccc4N32)c1. The number of likely N-dealkylation sites (tertiary alicyclic amines) is 1. The van der Waals surface area contributed by atoms with Crippen LogP contribution in [-0.2, 0) is 14.3 Å². The van der Waals surface area contributed by atoms with Gasteiger partial charge in [-0.1, -0.05) is 36.4 Å². The van der Waals surface area contributed by atoms with Gasteiger partial charge in [-0.3, -0.25) is 19.3 Å². The Bertz CT molecular complexity index is 1250. The number of para-hydroxylation sites is 1. The minimum atomic E-state index is -0.784. The molecular weight excluding hydrogens is 444 g/mol. The lowest BCUT2D eigenvalue weighted by atomic mass is 9.85. The summed E-state index contributed by atoms with van der Waals surface area (Å²) in [4.78, 5) is 45.0. The summed E-state index contributed by atoms with van der Waals surface area (Å²) in [6, 6.07) is 13.8. The largest absolute Gasteiger partial charge is 0.497 e. The molecule has 2 amide bonds. The van der Waals surface area contributed by atoms with E-state index in [0.29, 0.717) is 17.9 Å². The molecule has 0 saturated carbocycles.